The van der Waals surface area contributed by atoms with Gasteiger partial charge in [-0.25, -0.2) is 0 Å². The van der Waals surface area contributed by atoms with Crippen LogP contribution >= 0.6 is 0 Å². The number of benzene rings is 1. The van der Waals surface area contributed by atoms with Gasteiger partial charge >= 0.3 is 0 Å². The third-order valence-corrected chi connectivity index (χ3v) is 3.93. The van der Waals surface area contributed by atoms with Gasteiger partial charge in [-0.15, -0.1) is 0 Å². The standard InChI is InChI=1S/C18H22N2O4/c1-4-6-15(21)17-14(10-18(2,3)11-16(17)22)19-12-7-5-8-13(9-12)20(23)24/h5,7-9,21H,4,6,10-11H2,1-3H3/b17-15+,19-14?. The minimum absolute atomic E-state index is 0.0541. The molecule has 0 unspecified atom stereocenters. The van der Waals surface area contributed by atoms with Crippen LogP contribution in [0.25, 0.3) is 0 Å². The number of non-ortho nitro benzene ring substituents is 1. The van der Waals surface area contributed by atoms with E-state index >= 15 is 0 Å². The zero-order valence-corrected chi connectivity index (χ0v) is 14.2. The van der Waals surface area contributed by atoms with E-state index < -0.39 is 4.92 Å². The van der Waals surface area contributed by atoms with Gasteiger partial charge in [-0.1, -0.05) is 26.8 Å². The molecular formula is C18H22N2O4. The molecule has 2 rings (SSSR count). The number of hydrogen-bond acceptors (Lipinski definition) is 5. The van der Waals surface area contributed by atoms with Crippen molar-refractivity contribution in [1.82, 2.24) is 0 Å². The third-order valence-electron chi connectivity index (χ3n) is 3.93. The molecule has 1 aliphatic carbocycles. The van der Waals surface area contributed by atoms with E-state index in [1.165, 1.54) is 12.1 Å². The van der Waals surface area contributed by atoms with E-state index in [2.05, 4.69) is 4.99 Å². The lowest BCUT2D eigenvalue weighted by molar-refractivity contribution is -0.384. The van der Waals surface area contributed by atoms with Crippen molar-refractivity contribution < 1.29 is 14.8 Å². The molecule has 0 atom stereocenters. The zero-order chi connectivity index (χ0) is 17.9. The fourth-order valence-electron chi connectivity index (χ4n) is 2.90. The number of aliphatic hydroxyl groups excluding tert-OH is 1. The number of carbonyl (C=O) groups excluding carboxylic acids is 1. The van der Waals surface area contributed by atoms with E-state index in [-0.39, 0.29) is 28.2 Å². The lowest BCUT2D eigenvalue weighted by Gasteiger charge is -2.31. The number of allylic oxidation sites excluding steroid dienone is 2. The molecule has 0 radical (unpaired) electrons. The van der Waals surface area contributed by atoms with Crippen LogP contribution in [0.1, 0.15) is 46.5 Å². The Morgan fingerprint density at radius 1 is 1.38 bits per heavy atom. The quantitative estimate of drug-likeness (QED) is 0.376. The topological polar surface area (TPSA) is 92.8 Å². The molecule has 0 amide bonds. The van der Waals surface area contributed by atoms with Gasteiger partial charge in [-0.2, -0.15) is 0 Å². The van der Waals surface area contributed by atoms with Gasteiger partial charge < -0.3 is 5.11 Å². The maximum absolute atomic E-state index is 12.5. The first-order valence-electron chi connectivity index (χ1n) is 8.01. The van der Waals surface area contributed by atoms with Crippen LogP contribution in [0, 0.1) is 15.5 Å². The fourth-order valence-corrected chi connectivity index (χ4v) is 2.90. The molecule has 24 heavy (non-hydrogen) atoms. The molecule has 1 aromatic carbocycles. The summed E-state index contributed by atoms with van der Waals surface area (Å²) in [4.78, 5) is 27.4. The van der Waals surface area contributed by atoms with Crippen LogP contribution < -0.4 is 0 Å². The first-order chi connectivity index (χ1) is 11.2. The number of nitro groups is 1. The van der Waals surface area contributed by atoms with Gasteiger partial charge in [0.2, 0.25) is 0 Å². The molecule has 0 aromatic heterocycles. The second-order valence-electron chi connectivity index (χ2n) is 6.85. The first kappa shape index (κ1) is 17.8. The summed E-state index contributed by atoms with van der Waals surface area (Å²) in [7, 11) is 0. The molecule has 1 aliphatic rings. The second kappa shape index (κ2) is 6.95. The summed E-state index contributed by atoms with van der Waals surface area (Å²) in [5.41, 5.74) is 0.880. The van der Waals surface area contributed by atoms with Crippen molar-refractivity contribution in [3.8, 4) is 0 Å². The van der Waals surface area contributed by atoms with Crippen LogP contribution in [0.4, 0.5) is 11.4 Å². The van der Waals surface area contributed by atoms with Crippen LogP contribution in [0.3, 0.4) is 0 Å². The minimum Gasteiger partial charge on any atom is -0.511 e. The number of ketones is 1. The van der Waals surface area contributed by atoms with E-state index in [9.17, 15) is 20.0 Å². The lowest BCUT2D eigenvalue weighted by Crippen LogP contribution is -2.32. The van der Waals surface area contributed by atoms with E-state index in [1.54, 1.807) is 12.1 Å². The number of nitro benzene ring substituents is 1. The molecule has 0 heterocycles. The van der Waals surface area contributed by atoms with Crippen molar-refractivity contribution in [2.75, 3.05) is 0 Å². The average molecular weight is 330 g/mol. The first-order valence-corrected chi connectivity index (χ1v) is 8.01. The van der Waals surface area contributed by atoms with Crippen LogP contribution in [-0.4, -0.2) is 21.5 Å². The number of hydrogen-bond donors (Lipinski definition) is 1. The Kier molecular flexibility index (Phi) is 5.17. The summed E-state index contributed by atoms with van der Waals surface area (Å²) in [5, 5.41) is 21.2. The highest BCUT2D eigenvalue weighted by atomic mass is 16.6. The maximum Gasteiger partial charge on any atom is 0.271 e. The molecule has 0 saturated heterocycles. The summed E-state index contributed by atoms with van der Waals surface area (Å²) >= 11 is 0. The van der Waals surface area contributed by atoms with Crippen molar-refractivity contribution in [3.05, 3.63) is 45.7 Å². The van der Waals surface area contributed by atoms with E-state index in [0.29, 0.717) is 30.7 Å². The summed E-state index contributed by atoms with van der Waals surface area (Å²) in [6.45, 7) is 5.87. The highest BCUT2D eigenvalue weighted by Crippen LogP contribution is 2.37. The number of aliphatic imine (C=N–C) groups is 1. The predicted molar refractivity (Wildman–Crippen MR) is 92.8 cm³/mol. The van der Waals surface area contributed by atoms with Crippen LogP contribution in [-0.2, 0) is 4.79 Å². The number of rotatable bonds is 4. The molecule has 0 bridgehead atoms. The molecular weight excluding hydrogens is 308 g/mol. The number of nitrogens with zero attached hydrogens (tertiary/aromatic N) is 2. The Labute approximate surface area is 141 Å². The van der Waals surface area contributed by atoms with Crippen molar-refractivity contribution in [3.63, 3.8) is 0 Å². The van der Waals surface area contributed by atoms with Gasteiger partial charge in [0.1, 0.15) is 5.76 Å². The van der Waals surface area contributed by atoms with Crippen molar-refractivity contribution in [1.29, 1.82) is 0 Å². The molecule has 1 saturated carbocycles. The average Bonchev–Trinajstić information content (AvgIpc) is 2.45. The largest absolute Gasteiger partial charge is 0.511 e. The van der Waals surface area contributed by atoms with Gasteiger partial charge in [0, 0.05) is 25.0 Å². The highest BCUT2D eigenvalue weighted by molar-refractivity contribution is 6.25. The Hall–Kier alpha value is -2.50. The van der Waals surface area contributed by atoms with E-state index in [4.69, 9.17) is 0 Å². The van der Waals surface area contributed by atoms with Gasteiger partial charge in [0.25, 0.3) is 5.69 Å². The molecule has 0 spiro atoms. The second-order valence-corrected chi connectivity index (χ2v) is 6.85. The van der Waals surface area contributed by atoms with Crippen LogP contribution in [0.2, 0.25) is 0 Å². The Balaban J connectivity index is 2.52. The molecule has 1 aromatic rings. The number of carbonyl (C=O) groups is 1. The van der Waals surface area contributed by atoms with Crippen molar-refractivity contribution in [2.45, 2.75) is 46.5 Å². The number of aliphatic hydroxyl groups is 1. The minimum atomic E-state index is -0.481. The van der Waals surface area contributed by atoms with Gasteiger partial charge in [0.05, 0.1) is 21.9 Å². The lowest BCUT2D eigenvalue weighted by atomic mass is 9.73. The summed E-state index contributed by atoms with van der Waals surface area (Å²) in [6, 6.07) is 5.97. The summed E-state index contributed by atoms with van der Waals surface area (Å²) in [5.74, 6) is -0.0661. The summed E-state index contributed by atoms with van der Waals surface area (Å²) in [6.07, 6.45) is 2.01. The van der Waals surface area contributed by atoms with Crippen LogP contribution in [0.5, 0.6) is 0 Å². The monoisotopic (exact) mass is 330 g/mol. The number of Topliss-reactive ketones (excluding diaryl/α,β-unsaturated/α-hetero) is 1. The molecule has 6 heteroatoms. The zero-order valence-electron chi connectivity index (χ0n) is 14.2. The maximum atomic E-state index is 12.5. The summed E-state index contributed by atoms with van der Waals surface area (Å²) < 4.78 is 0. The smallest absolute Gasteiger partial charge is 0.271 e. The SMILES string of the molecule is CCC/C(O)=C1\C(=O)CC(C)(C)CC1=Nc1cccc([N+](=O)[O-])c1. The van der Waals surface area contributed by atoms with Gasteiger partial charge in [-0.3, -0.25) is 19.9 Å². The predicted octanol–water partition coefficient (Wildman–Crippen LogP) is 4.67. The van der Waals surface area contributed by atoms with Gasteiger partial charge in [-0.05, 0) is 24.3 Å². The van der Waals surface area contributed by atoms with Crippen LogP contribution in [0.15, 0.2) is 40.6 Å². The molecule has 1 N–H and O–H groups in total. The Morgan fingerprint density at radius 3 is 2.71 bits per heavy atom. The van der Waals surface area contributed by atoms with E-state index in [1.807, 2.05) is 20.8 Å². The normalized spacial score (nSPS) is 21.0. The Morgan fingerprint density at radius 2 is 2.08 bits per heavy atom. The van der Waals surface area contributed by atoms with Crippen molar-refractivity contribution in [2.24, 2.45) is 10.4 Å². The fraction of sp³-hybridized carbons (Fsp3) is 0.444. The van der Waals surface area contributed by atoms with Gasteiger partial charge in [0.15, 0.2) is 5.78 Å². The molecule has 128 valence electrons. The molecule has 0 aliphatic heterocycles. The molecule has 6 nitrogen and oxygen atoms in total. The third kappa shape index (κ3) is 4.07. The van der Waals surface area contributed by atoms with E-state index in [0.717, 1.165) is 6.42 Å². The Bertz CT molecular complexity index is 732. The highest BCUT2D eigenvalue weighted by Gasteiger charge is 2.36. The van der Waals surface area contributed by atoms with Crippen molar-refractivity contribution >= 4 is 22.9 Å². The molecule has 1 fully saturated rings.